The summed E-state index contributed by atoms with van der Waals surface area (Å²) in [5, 5.41) is 4.47. The van der Waals surface area contributed by atoms with Gasteiger partial charge in [-0.25, -0.2) is 0 Å². The van der Waals surface area contributed by atoms with Crippen LogP contribution in [0.1, 0.15) is 45.1 Å². The van der Waals surface area contributed by atoms with Gasteiger partial charge in [0, 0.05) is 17.6 Å². The Bertz CT molecular complexity index is 358. The summed E-state index contributed by atoms with van der Waals surface area (Å²) in [5.74, 6) is 0.727. The van der Waals surface area contributed by atoms with Gasteiger partial charge in [0.25, 0.3) is 0 Å². The molecule has 2 rings (SSSR count). The fourth-order valence-corrected chi connectivity index (χ4v) is 2.37. The molecule has 94 valence electrons. The average molecular weight is 252 g/mol. The van der Waals surface area contributed by atoms with Gasteiger partial charge in [-0.2, -0.15) is 0 Å². The Morgan fingerprint density at radius 3 is 2.29 bits per heavy atom. The monoisotopic (exact) mass is 251 g/mol. The maximum Gasteiger partial charge on any atom is 0.0406 e. The van der Waals surface area contributed by atoms with E-state index in [9.17, 15) is 0 Å². The summed E-state index contributed by atoms with van der Waals surface area (Å²) in [6.45, 7) is 7.92. The second-order valence-electron chi connectivity index (χ2n) is 6.36. The molecule has 0 aromatic heterocycles. The van der Waals surface area contributed by atoms with Crippen molar-refractivity contribution in [3.8, 4) is 0 Å². The quantitative estimate of drug-likeness (QED) is 0.848. The molecule has 1 aliphatic rings. The summed E-state index contributed by atoms with van der Waals surface area (Å²) >= 11 is 5.89. The van der Waals surface area contributed by atoms with Gasteiger partial charge in [0.1, 0.15) is 0 Å². The molecule has 1 aromatic rings. The Balaban J connectivity index is 1.77. The van der Waals surface area contributed by atoms with Gasteiger partial charge in [-0.1, -0.05) is 44.5 Å². The SMILES string of the molecule is CC(C)(C)CNC1CC(c2ccc(Cl)cc2)C1. The van der Waals surface area contributed by atoms with Gasteiger partial charge in [0.05, 0.1) is 0 Å². The van der Waals surface area contributed by atoms with E-state index in [2.05, 4.69) is 38.2 Å². The van der Waals surface area contributed by atoms with Crippen LogP contribution in [-0.2, 0) is 0 Å². The van der Waals surface area contributed by atoms with Crippen LogP contribution in [0.2, 0.25) is 5.02 Å². The van der Waals surface area contributed by atoms with Crippen molar-refractivity contribution >= 4 is 11.6 Å². The van der Waals surface area contributed by atoms with E-state index in [-0.39, 0.29) is 0 Å². The number of hydrogen-bond acceptors (Lipinski definition) is 1. The first-order chi connectivity index (χ1) is 7.94. The smallest absolute Gasteiger partial charge is 0.0406 e. The highest BCUT2D eigenvalue weighted by atomic mass is 35.5. The van der Waals surface area contributed by atoms with E-state index >= 15 is 0 Å². The molecule has 1 fully saturated rings. The standard InChI is InChI=1S/C15H22ClN/c1-15(2,3)10-17-14-8-12(9-14)11-4-6-13(16)7-5-11/h4-7,12,14,17H,8-10H2,1-3H3. The van der Waals surface area contributed by atoms with Gasteiger partial charge in [0.15, 0.2) is 0 Å². The lowest BCUT2D eigenvalue weighted by Gasteiger charge is -2.38. The number of rotatable bonds is 3. The third kappa shape index (κ3) is 3.72. The van der Waals surface area contributed by atoms with E-state index in [1.165, 1.54) is 18.4 Å². The summed E-state index contributed by atoms with van der Waals surface area (Å²) < 4.78 is 0. The number of benzene rings is 1. The first-order valence-corrected chi connectivity index (χ1v) is 6.81. The Hall–Kier alpha value is -0.530. The number of halogens is 1. The largest absolute Gasteiger partial charge is 0.313 e. The fourth-order valence-electron chi connectivity index (χ4n) is 2.24. The van der Waals surface area contributed by atoms with Crippen LogP contribution in [0.25, 0.3) is 0 Å². The maximum atomic E-state index is 5.89. The van der Waals surface area contributed by atoms with Crippen LogP contribution in [0.5, 0.6) is 0 Å². The van der Waals surface area contributed by atoms with E-state index in [1.807, 2.05) is 12.1 Å². The zero-order valence-electron chi connectivity index (χ0n) is 11.0. The highest BCUT2D eigenvalue weighted by Gasteiger charge is 2.30. The highest BCUT2D eigenvalue weighted by molar-refractivity contribution is 6.30. The third-order valence-electron chi connectivity index (χ3n) is 3.40. The molecule has 0 spiro atoms. The molecule has 1 aromatic carbocycles. The van der Waals surface area contributed by atoms with Gasteiger partial charge < -0.3 is 5.32 Å². The summed E-state index contributed by atoms with van der Waals surface area (Å²) in [4.78, 5) is 0. The maximum absolute atomic E-state index is 5.89. The molecule has 1 nitrogen and oxygen atoms in total. The second kappa shape index (κ2) is 4.99. The Morgan fingerprint density at radius 1 is 1.18 bits per heavy atom. The molecule has 0 saturated heterocycles. The molecule has 0 radical (unpaired) electrons. The van der Waals surface area contributed by atoms with E-state index < -0.39 is 0 Å². The van der Waals surface area contributed by atoms with Crippen LogP contribution in [0.15, 0.2) is 24.3 Å². The molecule has 0 amide bonds. The summed E-state index contributed by atoms with van der Waals surface area (Å²) in [5.41, 5.74) is 1.81. The predicted octanol–water partition coefficient (Wildman–Crippen LogP) is 4.22. The molecule has 0 aliphatic heterocycles. The molecule has 17 heavy (non-hydrogen) atoms. The van der Waals surface area contributed by atoms with Crippen molar-refractivity contribution in [1.82, 2.24) is 5.32 Å². The Kier molecular flexibility index (Phi) is 3.79. The minimum atomic E-state index is 0.380. The summed E-state index contributed by atoms with van der Waals surface area (Å²) in [6, 6.07) is 9.01. The zero-order chi connectivity index (χ0) is 12.5. The topological polar surface area (TPSA) is 12.0 Å². The van der Waals surface area contributed by atoms with Crippen LogP contribution in [0.4, 0.5) is 0 Å². The molecule has 1 N–H and O–H groups in total. The normalized spacial score (nSPS) is 24.5. The fraction of sp³-hybridized carbons (Fsp3) is 0.600. The molecule has 0 unspecified atom stereocenters. The van der Waals surface area contributed by atoms with Crippen LogP contribution >= 0.6 is 11.6 Å². The van der Waals surface area contributed by atoms with Crippen LogP contribution < -0.4 is 5.32 Å². The molecular formula is C15H22ClN. The molecule has 0 bridgehead atoms. The third-order valence-corrected chi connectivity index (χ3v) is 3.65. The lowest BCUT2D eigenvalue weighted by molar-refractivity contribution is 0.254. The number of nitrogens with one attached hydrogen (secondary N) is 1. The van der Waals surface area contributed by atoms with E-state index in [0.29, 0.717) is 11.5 Å². The van der Waals surface area contributed by atoms with Gasteiger partial charge in [-0.05, 0) is 41.9 Å². The van der Waals surface area contributed by atoms with Gasteiger partial charge >= 0.3 is 0 Å². The molecule has 1 saturated carbocycles. The lowest BCUT2D eigenvalue weighted by atomic mass is 9.75. The van der Waals surface area contributed by atoms with Gasteiger partial charge in [0.2, 0.25) is 0 Å². The van der Waals surface area contributed by atoms with Crippen LogP contribution in [-0.4, -0.2) is 12.6 Å². The molecular weight excluding hydrogens is 230 g/mol. The minimum Gasteiger partial charge on any atom is -0.313 e. The average Bonchev–Trinajstić information content (AvgIpc) is 2.16. The Morgan fingerprint density at radius 2 is 1.76 bits per heavy atom. The van der Waals surface area contributed by atoms with Crippen LogP contribution in [0, 0.1) is 5.41 Å². The molecule has 2 heteroatoms. The molecule has 1 aliphatic carbocycles. The first kappa shape index (κ1) is 12.9. The van der Waals surface area contributed by atoms with Gasteiger partial charge in [-0.3, -0.25) is 0 Å². The molecule has 0 heterocycles. The zero-order valence-corrected chi connectivity index (χ0v) is 11.7. The second-order valence-corrected chi connectivity index (χ2v) is 6.79. The van der Waals surface area contributed by atoms with E-state index in [1.54, 1.807) is 0 Å². The van der Waals surface area contributed by atoms with Crippen molar-refractivity contribution in [3.63, 3.8) is 0 Å². The highest BCUT2D eigenvalue weighted by Crippen LogP contribution is 2.37. The van der Waals surface area contributed by atoms with Crippen molar-refractivity contribution in [2.45, 2.75) is 45.6 Å². The first-order valence-electron chi connectivity index (χ1n) is 6.43. The van der Waals surface area contributed by atoms with Crippen LogP contribution in [0.3, 0.4) is 0 Å². The van der Waals surface area contributed by atoms with Crippen molar-refractivity contribution < 1.29 is 0 Å². The van der Waals surface area contributed by atoms with Gasteiger partial charge in [-0.15, -0.1) is 0 Å². The molecule has 0 atom stereocenters. The van der Waals surface area contributed by atoms with Crippen molar-refractivity contribution in [3.05, 3.63) is 34.9 Å². The lowest BCUT2D eigenvalue weighted by Crippen LogP contribution is -2.43. The van der Waals surface area contributed by atoms with E-state index in [0.717, 1.165) is 17.5 Å². The summed E-state index contributed by atoms with van der Waals surface area (Å²) in [6.07, 6.45) is 2.52. The number of hydrogen-bond donors (Lipinski definition) is 1. The van der Waals surface area contributed by atoms with E-state index in [4.69, 9.17) is 11.6 Å². The minimum absolute atomic E-state index is 0.380. The Labute approximate surface area is 110 Å². The van der Waals surface area contributed by atoms with Crippen molar-refractivity contribution in [2.24, 2.45) is 5.41 Å². The van der Waals surface area contributed by atoms with Crippen molar-refractivity contribution in [2.75, 3.05) is 6.54 Å². The predicted molar refractivity (Wildman–Crippen MR) is 74.7 cm³/mol. The van der Waals surface area contributed by atoms with Crippen molar-refractivity contribution in [1.29, 1.82) is 0 Å². The summed E-state index contributed by atoms with van der Waals surface area (Å²) in [7, 11) is 0.